The first kappa shape index (κ1) is 32.5. The Hall–Kier alpha value is -3.87. The van der Waals surface area contributed by atoms with Crippen molar-refractivity contribution in [1.82, 2.24) is 30.9 Å². The molecule has 1 saturated heterocycles. The summed E-state index contributed by atoms with van der Waals surface area (Å²) in [6.07, 6.45) is 3.88. The number of methoxy groups -OCH3 is 1. The SMILES string of the molecule is COc1nc(-c2cccc(-c3nccc(Nc4nccc(CNC[C@H](C)O)c4F)c3Cl)c2Cl)ccc1CNC[C@H]1CCC(=O)N1. The van der Waals surface area contributed by atoms with Crippen molar-refractivity contribution < 1.29 is 19.0 Å². The van der Waals surface area contributed by atoms with Crippen LogP contribution >= 0.6 is 23.2 Å². The maximum Gasteiger partial charge on any atom is 0.220 e. The predicted molar refractivity (Wildman–Crippen MR) is 173 cm³/mol. The van der Waals surface area contributed by atoms with Crippen LogP contribution in [0.15, 0.2) is 54.9 Å². The summed E-state index contributed by atoms with van der Waals surface area (Å²) in [5.41, 5.74) is 3.88. The van der Waals surface area contributed by atoms with Crippen LogP contribution in [0.25, 0.3) is 22.5 Å². The van der Waals surface area contributed by atoms with Crippen LogP contribution in [0.5, 0.6) is 5.88 Å². The fourth-order valence-electron chi connectivity index (χ4n) is 5.03. The lowest BCUT2D eigenvalue weighted by atomic mass is 10.0. The van der Waals surface area contributed by atoms with Gasteiger partial charge >= 0.3 is 0 Å². The third-order valence-corrected chi connectivity index (χ3v) is 8.11. The lowest BCUT2D eigenvalue weighted by Crippen LogP contribution is -2.35. The number of benzene rings is 1. The number of rotatable bonds is 13. The molecule has 1 aromatic carbocycles. The Morgan fingerprint density at radius 2 is 1.82 bits per heavy atom. The fourth-order valence-corrected chi connectivity index (χ4v) is 5.61. The van der Waals surface area contributed by atoms with E-state index in [1.54, 1.807) is 38.4 Å². The van der Waals surface area contributed by atoms with Gasteiger partial charge in [0.25, 0.3) is 0 Å². The molecule has 1 aliphatic heterocycles. The molecule has 4 heterocycles. The van der Waals surface area contributed by atoms with Crippen LogP contribution in [0.3, 0.4) is 0 Å². The van der Waals surface area contributed by atoms with Gasteiger partial charge in [-0.25, -0.2) is 14.4 Å². The number of amides is 1. The molecule has 10 nitrogen and oxygen atoms in total. The zero-order chi connectivity index (χ0) is 31.9. The molecule has 0 bridgehead atoms. The second kappa shape index (κ2) is 14.9. The monoisotopic (exact) mass is 653 g/mol. The van der Waals surface area contributed by atoms with E-state index < -0.39 is 11.9 Å². The maximum absolute atomic E-state index is 15.2. The van der Waals surface area contributed by atoms with E-state index in [2.05, 4.69) is 31.2 Å². The average Bonchev–Trinajstić information content (AvgIpc) is 3.45. The first-order valence-corrected chi connectivity index (χ1v) is 15.3. The third kappa shape index (κ3) is 7.86. The molecular weight excluding hydrogens is 620 g/mol. The molecule has 5 N–H and O–H groups in total. The molecular formula is C32H34Cl2FN7O3. The van der Waals surface area contributed by atoms with Crippen molar-refractivity contribution in [3.8, 4) is 28.4 Å². The first-order valence-electron chi connectivity index (χ1n) is 14.5. The molecule has 236 valence electrons. The van der Waals surface area contributed by atoms with Gasteiger partial charge in [0, 0.05) is 73.3 Å². The van der Waals surface area contributed by atoms with E-state index >= 15 is 4.39 Å². The number of aliphatic hydroxyl groups excluding tert-OH is 1. The summed E-state index contributed by atoms with van der Waals surface area (Å²) in [5, 5.41) is 22.4. The second-order valence-corrected chi connectivity index (χ2v) is 11.5. The van der Waals surface area contributed by atoms with Gasteiger partial charge in [0.2, 0.25) is 11.8 Å². The molecule has 2 atom stereocenters. The molecule has 0 radical (unpaired) electrons. The van der Waals surface area contributed by atoms with Crippen molar-refractivity contribution >= 4 is 40.6 Å². The molecule has 3 aromatic heterocycles. The highest BCUT2D eigenvalue weighted by atomic mass is 35.5. The fraction of sp³-hybridized carbons (Fsp3) is 0.312. The molecule has 1 fully saturated rings. The molecule has 5 rings (SSSR count). The molecule has 4 aromatic rings. The number of nitrogens with one attached hydrogen (secondary N) is 4. The van der Waals surface area contributed by atoms with Gasteiger partial charge in [0.15, 0.2) is 11.6 Å². The number of hydrogen-bond donors (Lipinski definition) is 5. The van der Waals surface area contributed by atoms with E-state index in [4.69, 9.17) is 32.9 Å². The molecule has 0 aliphatic carbocycles. The van der Waals surface area contributed by atoms with Gasteiger partial charge in [-0.1, -0.05) is 47.5 Å². The Morgan fingerprint density at radius 3 is 2.58 bits per heavy atom. The molecule has 45 heavy (non-hydrogen) atoms. The number of carbonyl (C=O) groups is 1. The molecule has 0 saturated carbocycles. The Kier molecular flexibility index (Phi) is 10.8. The zero-order valence-electron chi connectivity index (χ0n) is 24.8. The number of aliphatic hydroxyl groups is 1. The van der Waals surface area contributed by atoms with E-state index in [9.17, 15) is 9.90 Å². The number of nitrogens with zero attached hydrogens (tertiary/aromatic N) is 3. The van der Waals surface area contributed by atoms with Crippen LogP contribution in [0, 0.1) is 5.82 Å². The van der Waals surface area contributed by atoms with E-state index in [1.165, 1.54) is 6.20 Å². The van der Waals surface area contributed by atoms with Gasteiger partial charge < -0.3 is 31.1 Å². The summed E-state index contributed by atoms with van der Waals surface area (Å²) in [7, 11) is 1.56. The van der Waals surface area contributed by atoms with Gasteiger partial charge in [-0.05, 0) is 31.5 Å². The Bertz CT molecular complexity index is 1670. The largest absolute Gasteiger partial charge is 0.481 e. The van der Waals surface area contributed by atoms with Gasteiger partial charge in [-0.2, -0.15) is 0 Å². The van der Waals surface area contributed by atoms with Gasteiger partial charge in [-0.3, -0.25) is 9.78 Å². The number of aromatic nitrogens is 3. The van der Waals surface area contributed by atoms with Crippen LogP contribution in [0.2, 0.25) is 10.0 Å². The highest BCUT2D eigenvalue weighted by Gasteiger charge is 2.21. The lowest BCUT2D eigenvalue weighted by Gasteiger charge is -2.16. The number of pyridine rings is 3. The third-order valence-electron chi connectivity index (χ3n) is 7.32. The number of halogens is 3. The number of anilines is 2. The molecule has 0 spiro atoms. The van der Waals surface area contributed by atoms with Crippen molar-refractivity contribution in [2.75, 3.05) is 25.5 Å². The van der Waals surface area contributed by atoms with E-state index in [0.717, 1.165) is 12.0 Å². The molecule has 1 aliphatic rings. The van der Waals surface area contributed by atoms with Crippen LogP contribution in [0.4, 0.5) is 15.9 Å². The van der Waals surface area contributed by atoms with Crippen LogP contribution in [0.1, 0.15) is 30.9 Å². The van der Waals surface area contributed by atoms with Crippen molar-refractivity contribution in [3.63, 3.8) is 0 Å². The summed E-state index contributed by atoms with van der Waals surface area (Å²) >= 11 is 13.7. The van der Waals surface area contributed by atoms with E-state index in [-0.39, 0.29) is 29.3 Å². The topological polar surface area (TPSA) is 133 Å². The number of carbonyl (C=O) groups excluding carboxylic acids is 1. The molecule has 13 heteroatoms. The number of ether oxygens (including phenoxy) is 1. The number of hydrogen-bond acceptors (Lipinski definition) is 9. The normalized spacial score (nSPS) is 15.2. The van der Waals surface area contributed by atoms with E-state index in [1.807, 2.05) is 24.3 Å². The Morgan fingerprint density at radius 1 is 1.04 bits per heavy atom. The average molecular weight is 655 g/mol. The Balaban J connectivity index is 1.36. The summed E-state index contributed by atoms with van der Waals surface area (Å²) in [5.74, 6) is 0.00804. The zero-order valence-corrected chi connectivity index (χ0v) is 26.3. The van der Waals surface area contributed by atoms with Crippen LogP contribution in [-0.2, 0) is 17.9 Å². The minimum absolute atomic E-state index is 0.00381. The van der Waals surface area contributed by atoms with Gasteiger partial charge in [-0.15, -0.1) is 0 Å². The van der Waals surface area contributed by atoms with Crippen molar-refractivity contribution in [2.24, 2.45) is 0 Å². The van der Waals surface area contributed by atoms with Crippen molar-refractivity contribution in [3.05, 3.63) is 81.8 Å². The quantitative estimate of drug-likeness (QED) is 0.131. The van der Waals surface area contributed by atoms with Crippen molar-refractivity contribution in [2.45, 2.75) is 45.0 Å². The summed E-state index contributed by atoms with van der Waals surface area (Å²) in [4.78, 5) is 24.8. The summed E-state index contributed by atoms with van der Waals surface area (Å²) in [6.45, 7) is 3.38. The first-order chi connectivity index (χ1) is 21.7. The Labute approximate surface area is 270 Å². The predicted octanol–water partition coefficient (Wildman–Crippen LogP) is 5.24. The highest BCUT2D eigenvalue weighted by molar-refractivity contribution is 6.39. The van der Waals surface area contributed by atoms with Gasteiger partial charge in [0.1, 0.15) is 0 Å². The second-order valence-electron chi connectivity index (χ2n) is 10.7. The van der Waals surface area contributed by atoms with Crippen LogP contribution < -0.4 is 26.0 Å². The van der Waals surface area contributed by atoms with Crippen molar-refractivity contribution in [1.29, 1.82) is 0 Å². The van der Waals surface area contributed by atoms with Crippen LogP contribution in [-0.4, -0.2) is 58.3 Å². The summed E-state index contributed by atoms with van der Waals surface area (Å²) in [6, 6.07) is 12.6. The van der Waals surface area contributed by atoms with Gasteiger partial charge in [0.05, 0.1) is 40.3 Å². The summed E-state index contributed by atoms with van der Waals surface area (Å²) < 4.78 is 20.8. The standard InChI is InChI=1S/C32H34Cl2FN7O3/c1-18(43)14-36-15-19-10-12-39-31(29(19)35)41-25-11-13-38-30(28(25)34)23-5-3-4-22(27(23)33)24-8-6-20(32(42-24)45-2)16-37-17-21-7-9-26(44)40-21/h3-6,8,10-13,18,21,36-37,43H,7,9,14-17H2,1-2H3,(H,40,44)(H,38,39,41)/t18-,21+/m0/s1. The minimum atomic E-state index is -0.551. The highest BCUT2D eigenvalue weighted by Crippen LogP contribution is 2.41. The van der Waals surface area contributed by atoms with E-state index in [0.29, 0.717) is 70.7 Å². The lowest BCUT2D eigenvalue weighted by molar-refractivity contribution is -0.119. The molecule has 1 amide bonds. The molecule has 0 unspecified atom stereocenters. The minimum Gasteiger partial charge on any atom is -0.481 e. The smallest absolute Gasteiger partial charge is 0.220 e. The maximum atomic E-state index is 15.2.